The van der Waals surface area contributed by atoms with Crippen LogP contribution in [0.5, 0.6) is 5.75 Å². The quantitative estimate of drug-likeness (QED) is 0.657. The molecular weight excluding hydrogens is 368 g/mol. The summed E-state index contributed by atoms with van der Waals surface area (Å²) in [5.74, 6) is 1.10. The first kappa shape index (κ1) is 18.9. The van der Waals surface area contributed by atoms with Gasteiger partial charge in [-0.2, -0.15) is 0 Å². The third kappa shape index (κ3) is 4.09. The number of nitrogens with zero attached hydrogens (tertiary/aromatic N) is 3. The number of aromatic nitrogens is 3. The Kier molecular flexibility index (Phi) is 5.43. The number of ether oxygens (including phenoxy) is 1. The summed E-state index contributed by atoms with van der Waals surface area (Å²) < 4.78 is 34.9. The lowest BCUT2D eigenvalue weighted by Crippen LogP contribution is -2.31. The number of sulfonamides is 1. The lowest BCUT2D eigenvalue weighted by molar-refractivity contribution is 0.414. The SMILES string of the molecule is COc1ccc(S(=O)(=O)NCCn2nc(-c3ccccc3)n(C)c2=O)cc1. The molecule has 1 N–H and O–H groups in total. The minimum atomic E-state index is -3.68. The normalized spacial score (nSPS) is 11.5. The maximum Gasteiger partial charge on any atom is 0.345 e. The van der Waals surface area contributed by atoms with Crippen LogP contribution in [0.3, 0.4) is 0 Å². The molecule has 1 heterocycles. The van der Waals surface area contributed by atoms with Crippen LogP contribution >= 0.6 is 0 Å². The second kappa shape index (κ2) is 7.77. The van der Waals surface area contributed by atoms with Crippen LogP contribution in [-0.2, 0) is 23.6 Å². The van der Waals surface area contributed by atoms with Crippen LogP contribution < -0.4 is 15.1 Å². The zero-order valence-electron chi connectivity index (χ0n) is 15.0. The Labute approximate surface area is 157 Å². The van der Waals surface area contributed by atoms with E-state index >= 15 is 0 Å². The van der Waals surface area contributed by atoms with Crippen molar-refractivity contribution in [3.8, 4) is 17.1 Å². The van der Waals surface area contributed by atoms with E-state index in [1.54, 1.807) is 19.2 Å². The highest BCUT2D eigenvalue weighted by Gasteiger charge is 2.15. The van der Waals surface area contributed by atoms with Gasteiger partial charge in [-0.15, -0.1) is 5.10 Å². The highest BCUT2D eigenvalue weighted by molar-refractivity contribution is 7.89. The Hall–Kier alpha value is -2.91. The molecule has 142 valence electrons. The summed E-state index contributed by atoms with van der Waals surface area (Å²) in [7, 11) is -0.535. The summed E-state index contributed by atoms with van der Waals surface area (Å²) in [4.78, 5) is 12.5. The van der Waals surface area contributed by atoms with Crippen LogP contribution in [0.25, 0.3) is 11.4 Å². The van der Waals surface area contributed by atoms with Gasteiger partial charge in [-0.05, 0) is 24.3 Å². The summed E-state index contributed by atoms with van der Waals surface area (Å²) in [6, 6.07) is 15.4. The van der Waals surface area contributed by atoms with Gasteiger partial charge in [0.2, 0.25) is 10.0 Å². The van der Waals surface area contributed by atoms with Gasteiger partial charge in [-0.3, -0.25) is 4.57 Å². The number of methoxy groups -OCH3 is 1. The molecule has 8 nitrogen and oxygen atoms in total. The third-order valence-electron chi connectivity index (χ3n) is 4.06. The van der Waals surface area contributed by atoms with E-state index in [1.165, 1.54) is 28.5 Å². The van der Waals surface area contributed by atoms with Crippen molar-refractivity contribution in [1.82, 2.24) is 19.1 Å². The number of nitrogens with one attached hydrogen (secondary N) is 1. The van der Waals surface area contributed by atoms with Crippen LogP contribution in [0.2, 0.25) is 0 Å². The molecule has 0 aliphatic carbocycles. The Morgan fingerprint density at radius 3 is 2.37 bits per heavy atom. The molecule has 0 aliphatic heterocycles. The van der Waals surface area contributed by atoms with E-state index < -0.39 is 10.0 Å². The number of benzene rings is 2. The minimum absolute atomic E-state index is 0.0412. The van der Waals surface area contributed by atoms with Gasteiger partial charge in [0.25, 0.3) is 0 Å². The summed E-state index contributed by atoms with van der Waals surface area (Å²) >= 11 is 0. The molecule has 9 heteroatoms. The summed E-state index contributed by atoms with van der Waals surface area (Å²) in [5.41, 5.74) is 0.507. The molecule has 27 heavy (non-hydrogen) atoms. The van der Waals surface area contributed by atoms with E-state index in [2.05, 4.69) is 9.82 Å². The van der Waals surface area contributed by atoms with Crippen LogP contribution in [0.1, 0.15) is 0 Å². The van der Waals surface area contributed by atoms with Gasteiger partial charge >= 0.3 is 5.69 Å². The lowest BCUT2D eigenvalue weighted by atomic mass is 10.2. The highest BCUT2D eigenvalue weighted by Crippen LogP contribution is 2.15. The van der Waals surface area contributed by atoms with Gasteiger partial charge in [0.1, 0.15) is 5.75 Å². The molecule has 2 aromatic carbocycles. The molecule has 0 radical (unpaired) electrons. The van der Waals surface area contributed by atoms with Crippen LogP contribution in [0, 0.1) is 0 Å². The van der Waals surface area contributed by atoms with Crippen molar-refractivity contribution in [2.24, 2.45) is 7.05 Å². The van der Waals surface area contributed by atoms with Crippen molar-refractivity contribution in [1.29, 1.82) is 0 Å². The van der Waals surface area contributed by atoms with Gasteiger partial charge in [-0.1, -0.05) is 30.3 Å². The monoisotopic (exact) mass is 388 g/mol. The van der Waals surface area contributed by atoms with Crippen molar-refractivity contribution in [3.05, 3.63) is 65.1 Å². The van der Waals surface area contributed by atoms with Gasteiger partial charge < -0.3 is 4.74 Å². The van der Waals surface area contributed by atoms with Crippen molar-refractivity contribution in [2.45, 2.75) is 11.4 Å². The molecule has 3 aromatic rings. The van der Waals surface area contributed by atoms with Gasteiger partial charge in [0.05, 0.1) is 18.6 Å². The summed E-state index contributed by atoms with van der Waals surface area (Å²) in [5, 5.41) is 4.31. The molecule has 0 spiro atoms. The molecule has 0 aliphatic rings. The molecule has 0 bridgehead atoms. The maximum atomic E-state index is 12.3. The average molecular weight is 388 g/mol. The van der Waals surface area contributed by atoms with Crippen molar-refractivity contribution < 1.29 is 13.2 Å². The van der Waals surface area contributed by atoms with Crippen molar-refractivity contribution in [3.63, 3.8) is 0 Å². The Morgan fingerprint density at radius 1 is 1.07 bits per heavy atom. The first-order valence-electron chi connectivity index (χ1n) is 8.25. The largest absolute Gasteiger partial charge is 0.497 e. The van der Waals surface area contributed by atoms with E-state index in [9.17, 15) is 13.2 Å². The van der Waals surface area contributed by atoms with Crippen LogP contribution in [0.15, 0.2) is 64.3 Å². The second-order valence-electron chi connectivity index (χ2n) is 5.83. The Morgan fingerprint density at radius 2 is 1.74 bits per heavy atom. The average Bonchev–Trinajstić information content (AvgIpc) is 2.97. The first-order valence-corrected chi connectivity index (χ1v) is 9.73. The fourth-order valence-electron chi connectivity index (χ4n) is 2.60. The van der Waals surface area contributed by atoms with E-state index in [-0.39, 0.29) is 23.7 Å². The lowest BCUT2D eigenvalue weighted by Gasteiger charge is -2.07. The highest BCUT2D eigenvalue weighted by atomic mass is 32.2. The molecule has 3 rings (SSSR count). The van der Waals surface area contributed by atoms with E-state index in [0.717, 1.165) is 5.56 Å². The van der Waals surface area contributed by atoms with Gasteiger partial charge in [-0.25, -0.2) is 22.6 Å². The molecule has 0 fully saturated rings. The van der Waals surface area contributed by atoms with Gasteiger partial charge in [0, 0.05) is 19.2 Å². The fraction of sp³-hybridized carbons (Fsp3) is 0.222. The smallest absolute Gasteiger partial charge is 0.345 e. The van der Waals surface area contributed by atoms with Gasteiger partial charge in [0.15, 0.2) is 5.82 Å². The maximum absolute atomic E-state index is 12.3. The standard InChI is InChI=1S/C18H20N4O4S/c1-21-17(14-6-4-3-5-7-14)20-22(18(21)23)13-12-19-27(24,25)16-10-8-15(26-2)9-11-16/h3-11,19H,12-13H2,1-2H3. The first-order chi connectivity index (χ1) is 12.9. The minimum Gasteiger partial charge on any atom is -0.497 e. The number of hydrogen-bond acceptors (Lipinski definition) is 5. The zero-order valence-corrected chi connectivity index (χ0v) is 15.8. The Balaban J connectivity index is 1.71. The van der Waals surface area contributed by atoms with E-state index in [1.807, 2.05) is 30.3 Å². The fourth-order valence-corrected chi connectivity index (χ4v) is 3.62. The van der Waals surface area contributed by atoms with Crippen LogP contribution in [-0.4, -0.2) is 36.4 Å². The predicted molar refractivity (Wildman–Crippen MR) is 101 cm³/mol. The molecule has 0 amide bonds. The van der Waals surface area contributed by atoms with E-state index in [4.69, 9.17) is 4.74 Å². The zero-order chi connectivity index (χ0) is 19.4. The third-order valence-corrected chi connectivity index (χ3v) is 5.54. The molecule has 0 saturated heterocycles. The second-order valence-corrected chi connectivity index (χ2v) is 7.59. The summed E-state index contributed by atoms with van der Waals surface area (Å²) in [6.07, 6.45) is 0. The predicted octanol–water partition coefficient (Wildman–Crippen LogP) is 1.24. The molecule has 1 aromatic heterocycles. The van der Waals surface area contributed by atoms with Crippen LogP contribution in [0.4, 0.5) is 0 Å². The molecular formula is C18H20N4O4S. The van der Waals surface area contributed by atoms with Crippen molar-refractivity contribution in [2.75, 3.05) is 13.7 Å². The Bertz CT molecular complexity index is 1070. The topological polar surface area (TPSA) is 95.2 Å². The number of rotatable bonds is 7. The molecule has 0 saturated carbocycles. The number of hydrogen-bond donors (Lipinski definition) is 1. The molecule has 0 unspecified atom stereocenters. The molecule has 0 atom stereocenters. The summed E-state index contributed by atoms with van der Waals surface area (Å²) in [6.45, 7) is 0.161. The van der Waals surface area contributed by atoms with Crippen molar-refractivity contribution >= 4 is 10.0 Å². The van der Waals surface area contributed by atoms with E-state index in [0.29, 0.717) is 11.6 Å².